The first-order valence-electron chi connectivity index (χ1n) is 40.1. The van der Waals surface area contributed by atoms with E-state index in [2.05, 4.69) is 73.3 Å². The van der Waals surface area contributed by atoms with E-state index >= 15 is 0 Å². The number of aromatic nitrogens is 6. The number of rotatable bonds is 26. The van der Waals surface area contributed by atoms with Gasteiger partial charge in [0, 0.05) is 85.0 Å². The molecule has 1 unspecified atom stereocenters. The van der Waals surface area contributed by atoms with Gasteiger partial charge in [0.1, 0.15) is 32.5 Å². The Morgan fingerprint density at radius 2 is 0.779 bits per heavy atom. The van der Waals surface area contributed by atoms with E-state index in [-0.39, 0.29) is 76.4 Å². The second kappa shape index (κ2) is 45.0. The number of amides is 2. The number of carbonyl (C=O) groups is 2. The van der Waals surface area contributed by atoms with Crippen molar-refractivity contribution in [2.24, 2.45) is 0 Å². The quantitative estimate of drug-likeness (QED) is 0.0274. The minimum Gasteiger partial charge on any atom is -0.354 e. The third kappa shape index (κ3) is 26.5. The van der Waals surface area contributed by atoms with Gasteiger partial charge in [0.05, 0.1) is 63.2 Å². The number of halogens is 3. The number of hydrogen-bond donors (Lipinski definition) is 6. The normalized spacial score (nSPS) is 12.5. The maximum Gasteiger partial charge on any atom is 0.301 e. The molecule has 131 heavy (non-hydrogen) atoms. The number of nitrogens with zero attached hydrogens (tertiary/aromatic N) is 8. The summed E-state index contributed by atoms with van der Waals surface area (Å²) in [5.41, 5.74) is 7.70. The molecule has 1 fully saturated rings. The Morgan fingerprint density at radius 1 is 0.405 bits per heavy atom. The maximum atomic E-state index is 12.8. The van der Waals surface area contributed by atoms with E-state index in [4.69, 9.17) is 61.9 Å². The van der Waals surface area contributed by atoms with Gasteiger partial charge >= 0.3 is 10.2 Å². The predicted molar refractivity (Wildman–Crippen MR) is 509 cm³/mol. The molecule has 0 bridgehead atoms. The number of anilines is 6. The van der Waals surface area contributed by atoms with Crippen LogP contribution in [0.5, 0.6) is 0 Å². The van der Waals surface area contributed by atoms with Crippen LogP contribution in [0.15, 0.2) is 345 Å². The molecule has 10 aromatic carbocycles. The van der Waals surface area contributed by atoms with Crippen LogP contribution < -0.4 is 29.5 Å². The third-order valence-electron chi connectivity index (χ3n) is 19.1. The lowest BCUT2D eigenvalue weighted by Gasteiger charge is -2.25. The topological polar surface area (TPSA) is 423 Å². The molecule has 678 valence electrons. The van der Waals surface area contributed by atoms with Crippen LogP contribution >= 0.6 is 34.8 Å². The summed E-state index contributed by atoms with van der Waals surface area (Å²) in [7, 11) is -14.6. The monoisotopic (exact) mass is 1920 g/mol. The molecule has 7 heterocycles. The van der Waals surface area contributed by atoms with Crippen LogP contribution in [0.4, 0.5) is 34.5 Å². The first kappa shape index (κ1) is 96.4. The Balaban J connectivity index is 0.000000143. The molecule has 1 aliphatic rings. The highest BCUT2D eigenvalue weighted by molar-refractivity contribution is 7.99. The highest BCUT2D eigenvalue weighted by atomic mass is 35.5. The summed E-state index contributed by atoms with van der Waals surface area (Å²) in [5.74, 6) is 5.64. The van der Waals surface area contributed by atoms with E-state index in [0.717, 1.165) is 76.7 Å². The van der Waals surface area contributed by atoms with Crippen LogP contribution in [-0.2, 0) is 59.4 Å². The second-order valence-corrected chi connectivity index (χ2v) is 39.3. The Morgan fingerprint density at radius 3 is 1.21 bits per heavy atom. The van der Waals surface area contributed by atoms with E-state index in [1.54, 1.807) is 81.1 Å². The van der Waals surface area contributed by atoms with E-state index in [1.165, 1.54) is 76.6 Å². The number of fused-ring (bicyclic) bond motifs is 1. The van der Waals surface area contributed by atoms with Gasteiger partial charge in [0.15, 0.2) is 23.0 Å². The number of nitrogens with one attached hydrogen (secondary N) is 6. The van der Waals surface area contributed by atoms with Gasteiger partial charge in [0.25, 0.3) is 30.1 Å². The largest absolute Gasteiger partial charge is 0.354 e. The molecule has 1 atom stereocenters. The zero-order chi connectivity index (χ0) is 93.1. The van der Waals surface area contributed by atoms with Crippen LogP contribution in [0.3, 0.4) is 0 Å². The van der Waals surface area contributed by atoms with Crippen molar-refractivity contribution in [3.05, 3.63) is 313 Å². The Hall–Kier alpha value is -13.7. The van der Waals surface area contributed by atoms with E-state index < -0.39 is 49.8 Å². The Labute approximate surface area is 771 Å². The molecule has 0 radical (unpaired) electrons. The van der Waals surface area contributed by atoms with Gasteiger partial charge in [-0.3, -0.25) is 38.0 Å². The van der Waals surface area contributed by atoms with Crippen molar-refractivity contribution < 1.29 is 74.6 Å². The molecule has 6 aromatic heterocycles. The fourth-order valence-corrected chi connectivity index (χ4v) is 19.1. The van der Waals surface area contributed by atoms with Crippen molar-refractivity contribution in [3.63, 3.8) is 0 Å². The van der Waals surface area contributed by atoms with E-state index in [0.29, 0.717) is 64.3 Å². The molecule has 39 heteroatoms. The molecular formula is C92H87Cl3N14O17S5. The van der Waals surface area contributed by atoms with Gasteiger partial charge in [-0.05, 0) is 105 Å². The smallest absolute Gasteiger partial charge is 0.301 e. The Kier molecular flexibility index (Phi) is 33.1. The summed E-state index contributed by atoms with van der Waals surface area (Å²) in [4.78, 5) is 24.9. The molecule has 17 rings (SSSR count). The van der Waals surface area contributed by atoms with E-state index in [9.17, 15) is 47.5 Å². The molecule has 1 aliphatic heterocycles. The average Bonchev–Trinajstić information content (AvgIpc) is 1.79. The number of sulfonamides is 3. The maximum absolute atomic E-state index is 12.8. The van der Waals surface area contributed by atoms with Crippen molar-refractivity contribution in [2.75, 3.05) is 69.5 Å². The second-order valence-electron chi connectivity index (χ2n) is 28.9. The molecule has 16 aromatic rings. The summed E-state index contributed by atoms with van der Waals surface area (Å²) < 4.78 is 155. The predicted octanol–water partition coefficient (Wildman–Crippen LogP) is 20.0. The zero-order valence-electron chi connectivity index (χ0n) is 70.6. The van der Waals surface area contributed by atoms with Crippen molar-refractivity contribution in [3.8, 4) is 67.5 Å². The molecule has 1 saturated heterocycles. The first-order valence-corrected chi connectivity index (χ1v) is 49.3. The fraction of sp³-hybridized carbons (Fsp3) is 0.141. The lowest BCUT2D eigenvalue weighted by molar-refractivity contribution is -0.130. The lowest BCUT2D eigenvalue weighted by atomic mass is 10.1. The van der Waals surface area contributed by atoms with Crippen LogP contribution in [-0.4, -0.2) is 136 Å². The average molecular weight is 1930 g/mol. The molecule has 0 spiro atoms. The SMILES string of the molecule is C=S(C)(=O)c1ccc(Cl)c(S(=O)(=O)Nc2cnoc2-c2ccccc2)c1.CCCNc1oncc1-c1ccccc1.CN(C)C(=O)CCC(=O)Nc1oncc1-c1ccccc1.O=S(=O)(Nc1cnoc1-c1ccccc1)N1CCCCC1.O=S(=O)(Nc1cnoc1-c1ccccc1)c1cc(Cl)ccc1Cl.O=S(=O)(Nc1cnoc1-c1ccccc1)c1ccc2ccccc2c1. The third-order valence-corrected chi connectivity index (χ3v) is 27.2. The highest BCUT2D eigenvalue weighted by Gasteiger charge is 2.29. The van der Waals surface area contributed by atoms with Crippen molar-refractivity contribution >= 4 is 148 Å². The highest BCUT2D eigenvalue weighted by Crippen LogP contribution is 2.38. The van der Waals surface area contributed by atoms with Crippen molar-refractivity contribution in [1.82, 2.24) is 40.1 Å². The van der Waals surface area contributed by atoms with Crippen molar-refractivity contribution in [1.29, 1.82) is 0 Å². The van der Waals surface area contributed by atoms with E-state index in [1.807, 2.05) is 170 Å². The van der Waals surface area contributed by atoms with Gasteiger partial charge in [0.2, 0.25) is 23.6 Å². The zero-order valence-corrected chi connectivity index (χ0v) is 76.9. The van der Waals surface area contributed by atoms with Crippen LogP contribution in [0.2, 0.25) is 15.1 Å². The van der Waals surface area contributed by atoms with Crippen LogP contribution in [0.25, 0.3) is 78.3 Å². The molecule has 6 N–H and O–H groups in total. The molecule has 0 aliphatic carbocycles. The summed E-state index contributed by atoms with van der Waals surface area (Å²) in [6.45, 7) is 4.13. The van der Waals surface area contributed by atoms with Gasteiger partial charge in [-0.1, -0.05) is 291 Å². The van der Waals surface area contributed by atoms with Gasteiger partial charge in [-0.15, -0.1) is 0 Å². The standard InChI is InChI=1S/C19H14N2O3S.C17H15ClN2O4S2.C15H10Cl2N2O3S.C15H17N3O3.C14H17N3O3S.C12H14N2O/c22-25(23,17-11-10-14-6-4-5-9-16(14)12-17)21-18-13-20-24-19(18)15-7-2-1-3-8-15;1-25(2,21)13-8-9-14(18)16(10-13)26(22,23)20-15-11-19-24-17(15)12-6-4-3-5-7-12;16-11-6-7-12(17)14(8-11)23(20,21)19-13-9-18-22-15(13)10-4-2-1-3-5-10;1-18(2)14(20)9-8-13(19)17-15-12(10-16-21-15)11-6-4-3-5-7-11;18-21(19,17-9-5-2-6-10-17)16-13-11-15-20-14(13)12-7-3-1-4-8-12;1-2-8-13-12-11(9-14-15-12)10-6-4-3-5-7-10/h1-13,21H;3-11,20H,1H2,2H3;1-9,19H;3-7,10H,8-9H2,1-2H3,(H,17,19);1,3-4,7-8,11,16H,2,5-6,9-10H2;3-7,9,13H,2,8H2,1H3. The molecule has 2 amide bonds. The minimum absolute atomic E-state index is 0.00242. The number of carbonyl (C=O) groups excluding carboxylic acids is 2. The summed E-state index contributed by atoms with van der Waals surface area (Å²) in [6.07, 6.45) is 14.2. The summed E-state index contributed by atoms with van der Waals surface area (Å²) >= 11 is 17.9. The van der Waals surface area contributed by atoms with Crippen LogP contribution in [0.1, 0.15) is 45.4 Å². The van der Waals surface area contributed by atoms with Gasteiger partial charge in [-0.2, -0.15) is 12.7 Å². The van der Waals surface area contributed by atoms with Crippen molar-refractivity contribution in [2.45, 2.75) is 65.0 Å². The lowest BCUT2D eigenvalue weighted by Crippen LogP contribution is -2.39. The molecule has 0 saturated carbocycles. The number of piperidine rings is 1. The number of benzene rings is 10. The molecular weight excluding hydrogens is 1840 g/mol. The minimum atomic E-state index is -4.06. The van der Waals surface area contributed by atoms with Crippen LogP contribution in [0, 0.1) is 0 Å². The Bertz CT molecular complexity index is 7100. The summed E-state index contributed by atoms with van der Waals surface area (Å²) in [5, 5.41) is 30.3. The first-order chi connectivity index (χ1) is 62.9. The summed E-state index contributed by atoms with van der Waals surface area (Å²) in [6, 6.07) is 77.1. The van der Waals surface area contributed by atoms with Gasteiger partial charge in [-0.25, -0.2) is 25.3 Å². The number of hydrogen-bond acceptors (Lipinski definition) is 24. The molecule has 31 nitrogen and oxygen atoms in total. The fourth-order valence-electron chi connectivity index (χ4n) is 12.5. The van der Waals surface area contributed by atoms with Gasteiger partial charge < -0.3 is 37.4 Å².